The minimum atomic E-state index is 0.522. The fourth-order valence-corrected chi connectivity index (χ4v) is 4.35. The fraction of sp³-hybridized carbons (Fsp3) is 0.474. The second kappa shape index (κ2) is 7.84. The van der Waals surface area contributed by atoms with E-state index < -0.39 is 0 Å². The molecule has 1 aromatic carbocycles. The summed E-state index contributed by atoms with van der Waals surface area (Å²) < 4.78 is 11.1. The minimum absolute atomic E-state index is 0.522. The van der Waals surface area contributed by atoms with Gasteiger partial charge in [0.1, 0.15) is 0 Å². The lowest BCUT2D eigenvalue weighted by molar-refractivity contribution is 0.192. The van der Waals surface area contributed by atoms with Crippen molar-refractivity contribution in [2.24, 2.45) is 0 Å². The Hall–Kier alpha value is -1.52. The quantitative estimate of drug-likeness (QED) is 0.779. The van der Waals surface area contributed by atoms with Crippen LogP contribution in [0.3, 0.4) is 0 Å². The number of ether oxygens (including phenoxy) is 2. The van der Waals surface area contributed by atoms with Crippen LogP contribution in [0, 0.1) is 0 Å². The Balaban J connectivity index is 1.87. The van der Waals surface area contributed by atoms with Gasteiger partial charge < -0.3 is 9.47 Å². The largest absolute Gasteiger partial charge is 0.493 e. The van der Waals surface area contributed by atoms with Crippen LogP contribution in [-0.2, 0) is 6.54 Å². The van der Waals surface area contributed by atoms with Crippen molar-refractivity contribution >= 4 is 11.3 Å². The van der Waals surface area contributed by atoms with Gasteiger partial charge in [0.15, 0.2) is 11.5 Å². The van der Waals surface area contributed by atoms with Gasteiger partial charge in [-0.05, 0) is 36.9 Å². The molecule has 0 N–H and O–H groups in total. The van der Waals surface area contributed by atoms with Crippen molar-refractivity contribution in [3.05, 3.63) is 46.2 Å². The molecule has 23 heavy (non-hydrogen) atoms. The van der Waals surface area contributed by atoms with Crippen LogP contribution in [0.15, 0.2) is 35.7 Å². The lowest BCUT2D eigenvalue weighted by Gasteiger charge is -2.30. The zero-order chi connectivity index (χ0) is 16.1. The summed E-state index contributed by atoms with van der Waals surface area (Å²) in [6.07, 6.45) is 5.16. The maximum absolute atomic E-state index is 5.62. The highest BCUT2D eigenvalue weighted by molar-refractivity contribution is 7.10. The van der Waals surface area contributed by atoms with E-state index in [2.05, 4.69) is 34.5 Å². The van der Waals surface area contributed by atoms with Gasteiger partial charge >= 0.3 is 0 Å². The lowest BCUT2D eigenvalue weighted by Crippen LogP contribution is -2.27. The van der Waals surface area contributed by atoms with E-state index >= 15 is 0 Å². The molecule has 1 aliphatic heterocycles. The van der Waals surface area contributed by atoms with Gasteiger partial charge in [0, 0.05) is 23.0 Å². The molecule has 0 bridgehead atoms. The number of rotatable bonds is 5. The van der Waals surface area contributed by atoms with E-state index in [4.69, 9.17) is 9.47 Å². The van der Waals surface area contributed by atoms with Crippen LogP contribution in [0.25, 0.3) is 0 Å². The van der Waals surface area contributed by atoms with Crippen molar-refractivity contribution in [2.45, 2.75) is 38.3 Å². The topological polar surface area (TPSA) is 21.7 Å². The molecule has 124 valence electrons. The third-order valence-corrected chi connectivity index (χ3v) is 5.57. The molecule has 2 aromatic rings. The smallest absolute Gasteiger partial charge is 0.165 e. The molecule has 0 unspecified atom stereocenters. The number of benzene rings is 1. The van der Waals surface area contributed by atoms with Gasteiger partial charge in [-0.3, -0.25) is 4.90 Å². The van der Waals surface area contributed by atoms with E-state index in [0.29, 0.717) is 6.04 Å². The maximum Gasteiger partial charge on any atom is 0.165 e. The normalized spacial score (nSPS) is 19.3. The maximum atomic E-state index is 5.62. The molecule has 0 radical (unpaired) electrons. The first kappa shape index (κ1) is 16.3. The van der Waals surface area contributed by atoms with Gasteiger partial charge in [-0.15, -0.1) is 11.3 Å². The Bertz CT molecular complexity index is 612. The Morgan fingerprint density at radius 3 is 2.74 bits per heavy atom. The third-order valence-electron chi connectivity index (χ3n) is 4.59. The summed E-state index contributed by atoms with van der Waals surface area (Å²) >= 11 is 1.87. The molecule has 1 saturated heterocycles. The standard InChI is InChI=1S/C19H25NO2S/c1-21-17-10-6-8-15(19(17)22-2)14-20-12-5-3-4-9-16(20)18-11-7-13-23-18/h6-8,10-11,13,16H,3-5,9,12,14H2,1-2H3/t16-/m1/s1. The second-order valence-corrected chi connectivity index (χ2v) is 6.98. The molecule has 3 nitrogen and oxygen atoms in total. The summed E-state index contributed by atoms with van der Waals surface area (Å²) in [4.78, 5) is 4.09. The molecule has 0 saturated carbocycles. The van der Waals surface area contributed by atoms with Gasteiger partial charge in [0.25, 0.3) is 0 Å². The Morgan fingerprint density at radius 1 is 1.09 bits per heavy atom. The lowest BCUT2D eigenvalue weighted by atomic mass is 10.1. The summed E-state index contributed by atoms with van der Waals surface area (Å²) in [5.41, 5.74) is 1.20. The number of thiophene rings is 1. The number of hydrogen-bond donors (Lipinski definition) is 0. The van der Waals surface area contributed by atoms with Gasteiger partial charge in [-0.1, -0.05) is 31.0 Å². The zero-order valence-electron chi connectivity index (χ0n) is 14.0. The molecule has 4 heteroatoms. The first-order valence-corrected chi connectivity index (χ1v) is 9.18. The van der Waals surface area contributed by atoms with Crippen molar-refractivity contribution in [1.29, 1.82) is 0 Å². The summed E-state index contributed by atoms with van der Waals surface area (Å²) in [6.45, 7) is 2.05. The van der Waals surface area contributed by atoms with Crippen molar-refractivity contribution in [3.63, 3.8) is 0 Å². The van der Waals surface area contributed by atoms with Crippen molar-refractivity contribution in [2.75, 3.05) is 20.8 Å². The summed E-state index contributed by atoms with van der Waals surface area (Å²) in [5.74, 6) is 1.68. The third kappa shape index (κ3) is 3.70. The van der Waals surface area contributed by atoms with Crippen LogP contribution in [0.4, 0.5) is 0 Å². The van der Waals surface area contributed by atoms with Crippen LogP contribution in [0.1, 0.15) is 42.2 Å². The molecular formula is C19H25NO2S. The molecule has 0 amide bonds. The molecule has 3 rings (SSSR count). The molecule has 1 fully saturated rings. The van der Waals surface area contributed by atoms with Crippen molar-refractivity contribution in [1.82, 2.24) is 4.90 Å². The van der Waals surface area contributed by atoms with E-state index in [1.54, 1.807) is 14.2 Å². The van der Waals surface area contributed by atoms with E-state index in [9.17, 15) is 0 Å². The summed E-state index contributed by atoms with van der Waals surface area (Å²) in [6, 6.07) is 11.1. The molecule has 0 spiro atoms. The Morgan fingerprint density at radius 2 is 2.00 bits per heavy atom. The number of hydrogen-bond acceptors (Lipinski definition) is 4. The molecule has 2 heterocycles. The predicted octanol–water partition coefficient (Wildman–Crippen LogP) is 4.88. The highest BCUT2D eigenvalue weighted by Gasteiger charge is 2.24. The fourth-order valence-electron chi connectivity index (χ4n) is 3.46. The van der Waals surface area contributed by atoms with Gasteiger partial charge in [0.05, 0.1) is 14.2 Å². The van der Waals surface area contributed by atoms with Crippen molar-refractivity contribution < 1.29 is 9.47 Å². The summed E-state index contributed by atoms with van der Waals surface area (Å²) in [7, 11) is 3.42. The molecule has 1 aromatic heterocycles. The van der Waals surface area contributed by atoms with Crippen LogP contribution in [0.2, 0.25) is 0 Å². The van der Waals surface area contributed by atoms with E-state index in [0.717, 1.165) is 24.6 Å². The first-order valence-electron chi connectivity index (χ1n) is 8.31. The van der Waals surface area contributed by atoms with Gasteiger partial charge in [-0.25, -0.2) is 0 Å². The van der Waals surface area contributed by atoms with Gasteiger partial charge in [-0.2, -0.15) is 0 Å². The Kier molecular flexibility index (Phi) is 5.57. The highest BCUT2D eigenvalue weighted by Crippen LogP contribution is 2.37. The SMILES string of the molecule is COc1cccc(CN2CCCCC[C@@H]2c2cccs2)c1OC. The van der Waals surface area contributed by atoms with Crippen molar-refractivity contribution in [3.8, 4) is 11.5 Å². The first-order chi connectivity index (χ1) is 11.3. The number of likely N-dealkylation sites (tertiary alicyclic amines) is 1. The molecule has 1 atom stereocenters. The minimum Gasteiger partial charge on any atom is -0.493 e. The van der Waals surface area contributed by atoms with Gasteiger partial charge in [0.2, 0.25) is 0 Å². The second-order valence-electron chi connectivity index (χ2n) is 6.00. The molecule has 0 aliphatic carbocycles. The highest BCUT2D eigenvalue weighted by atomic mass is 32.1. The predicted molar refractivity (Wildman–Crippen MR) is 95.5 cm³/mol. The van der Waals surface area contributed by atoms with E-state index in [1.165, 1.54) is 36.1 Å². The van der Waals surface area contributed by atoms with Crippen LogP contribution in [-0.4, -0.2) is 25.7 Å². The van der Waals surface area contributed by atoms with Crippen LogP contribution < -0.4 is 9.47 Å². The monoisotopic (exact) mass is 331 g/mol. The Labute approximate surface area is 142 Å². The van der Waals surface area contributed by atoms with E-state index in [1.807, 2.05) is 17.4 Å². The molecular weight excluding hydrogens is 306 g/mol. The average Bonchev–Trinajstić information content (AvgIpc) is 3.02. The zero-order valence-corrected chi connectivity index (χ0v) is 14.8. The number of nitrogens with zero attached hydrogens (tertiary/aromatic N) is 1. The van der Waals surface area contributed by atoms with E-state index in [-0.39, 0.29) is 0 Å². The number of para-hydroxylation sites is 1. The molecule has 1 aliphatic rings. The average molecular weight is 331 g/mol. The number of methoxy groups -OCH3 is 2. The summed E-state index contributed by atoms with van der Waals surface area (Å²) in [5, 5.41) is 2.19. The van der Waals surface area contributed by atoms with Crippen LogP contribution in [0.5, 0.6) is 11.5 Å². The van der Waals surface area contributed by atoms with Crippen LogP contribution >= 0.6 is 11.3 Å².